The Labute approximate surface area is 178 Å². The number of nitrogens with zero attached hydrogens (tertiary/aromatic N) is 2. The number of rotatable bonds is 6. The maximum Gasteiger partial charge on any atom is 0.338 e. The fourth-order valence-corrected chi connectivity index (χ4v) is 4.30. The number of nitrogens with two attached hydrogens (primary N) is 1. The number of piperidine rings is 1. The molecule has 2 heterocycles. The first-order chi connectivity index (χ1) is 14.1. The van der Waals surface area contributed by atoms with Crippen molar-refractivity contribution >= 4 is 29.0 Å². The van der Waals surface area contributed by atoms with Crippen molar-refractivity contribution < 1.29 is 9.53 Å². The van der Waals surface area contributed by atoms with Gasteiger partial charge in [0.2, 0.25) is 0 Å². The minimum atomic E-state index is -0.365. The molecule has 5 N–H and O–H groups in total. The molecule has 1 fully saturated rings. The lowest BCUT2D eigenvalue weighted by Gasteiger charge is -2.46. The van der Waals surface area contributed by atoms with Crippen LogP contribution in [0.25, 0.3) is 0 Å². The fraction of sp³-hybridized carbons (Fsp3) is 0.500. The van der Waals surface area contributed by atoms with Crippen LogP contribution in [0.3, 0.4) is 0 Å². The van der Waals surface area contributed by atoms with E-state index in [1.165, 1.54) is 6.33 Å². The van der Waals surface area contributed by atoms with Crippen molar-refractivity contribution in [3.63, 3.8) is 0 Å². The summed E-state index contributed by atoms with van der Waals surface area (Å²) in [7, 11) is 0. The summed E-state index contributed by atoms with van der Waals surface area (Å²) >= 11 is 0. The van der Waals surface area contributed by atoms with E-state index in [2.05, 4.69) is 53.6 Å². The summed E-state index contributed by atoms with van der Waals surface area (Å²) in [6.45, 7) is 10.9. The van der Waals surface area contributed by atoms with Crippen LogP contribution in [0.2, 0.25) is 0 Å². The lowest BCUT2D eigenvalue weighted by molar-refractivity contribution is 0.0526. The maximum absolute atomic E-state index is 12.0. The second kappa shape index (κ2) is 8.47. The highest BCUT2D eigenvalue weighted by molar-refractivity contribution is 5.91. The number of anilines is 4. The quantitative estimate of drug-likeness (QED) is 0.531. The van der Waals surface area contributed by atoms with Gasteiger partial charge in [0, 0.05) is 22.8 Å². The minimum Gasteiger partial charge on any atom is -0.462 e. The molecule has 0 atom stereocenters. The van der Waals surface area contributed by atoms with Crippen LogP contribution in [0.5, 0.6) is 0 Å². The smallest absolute Gasteiger partial charge is 0.338 e. The zero-order chi connectivity index (χ0) is 21.9. The van der Waals surface area contributed by atoms with Crippen LogP contribution in [-0.2, 0) is 4.74 Å². The van der Waals surface area contributed by atoms with E-state index in [9.17, 15) is 4.79 Å². The summed E-state index contributed by atoms with van der Waals surface area (Å²) in [4.78, 5) is 20.6. The predicted octanol–water partition coefficient (Wildman–Crippen LogP) is 3.70. The Morgan fingerprint density at radius 3 is 2.53 bits per heavy atom. The van der Waals surface area contributed by atoms with E-state index in [0.29, 0.717) is 35.2 Å². The van der Waals surface area contributed by atoms with Crippen LogP contribution >= 0.6 is 0 Å². The molecule has 3 rings (SSSR count). The molecule has 162 valence electrons. The molecule has 30 heavy (non-hydrogen) atoms. The zero-order valence-electron chi connectivity index (χ0n) is 18.4. The van der Waals surface area contributed by atoms with Gasteiger partial charge in [-0.15, -0.1) is 0 Å². The topological polar surface area (TPSA) is 114 Å². The minimum absolute atomic E-state index is 0.00975. The third-order valence-electron chi connectivity index (χ3n) is 5.05. The van der Waals surface area contributed by atoms with Gasteiger partial charge in [0.1, 0.15) is 12.0 Å². The van der Waals surface area contributed by atoms with Crippen LogP contribution in [0.4, 0.5) is 23.0 Å². The van der Waals surface area contributed by atoms with Crippen LogP contribution in [0, 0.1) is 0 Å². The lowest BCUT2D eigenvalue weighted by Crippen LogP contribution is -2.60. The Bertz CT molecular complexity index is 896. The van der Waals surface area contributed by atoms with E-state index >= 15 is 0 Å². The molecular formula is C22H32N6O2. The zero-order valence-corrected chi connectivity index (χ0v) is 18.4. The summed E-state index contributed by atoms with van der Waals surface area (Å²) < 4.78 is 5.06. The Morgan fingerprint density at radius 2 is 1.87 bits per heavy atom. The highest BCUT2D eigenvalue weighted by Crippen LogP contribution is 2.33. The van der Waals surface area contributed by atoms with E-state index in [-0.39, 0.29) is 23.1 Å². The Balaban J connectivity index is 1.77. The first kappa shape index (κ1) is 21.8. The number of benzene rings is 1. The van der Waals surface area contributed by atoms with Gasteiger partial charge in [0.15, 0.2) is 11.6 Å². The molecule has 1 aliphatic heterocycles. The fourth-order valence-electron chi connectivity index (χ4n) is 4.30. The summed E-state index contributed by atoms with van der Waals surface area (Å²) in [5, 5.41) is 10.4. The molecule has 2 aromatic rings. The summed E-state index contributed by atoms with van der Waals surface area (Å²) in [6, 6.07) is 7.28. The molecule has 0 aliphatic carbocycles. The van der Waals surface area contributed by atoms with Crippen LogP contribution in [0.1, 0.15) is 57.8 Å². The van der Waals surface area contributed by atoms with Gasteiger partial charge in [-0.3, -0.25) is 0 Å². The molecule has 0 spiro atoms. The van der Waals surface area contributed by atoms with E-state index < -0.39 is 0 Å². The predicted molar refractivity (Wildman–Crippen MR) is 120 cm³/mol. The van der Waals surface area contributed by atoms with Crippen molar-refractivity contribution in [1.29, 1.82) is 0 Å². The SMILES string of the molecule is CCOC(=O)c1cccc(Nc2ncnc(NC3CC(C)(C)NC(C)(C)C3)c2N)c1. The highest BCUT2D eigenvalue weighted by Gasteiger charge is 2.37. The molecule has 0 saturated carbocycles. The number of carbonyl (C=O) groups is 1. The van der Waals surface area contributed by atoms with Gasteiger partial charge < -0.3 is 26.4 Å². The molecule has 1 aliphatic rings. The van der Waals surface area contributed by atoms with Gasteiger partial charge >= 0.3 is 5.97 Å². The second-order valence-corrected chi connectivity index (χ2v) is 9.05. The van der Waals surface area contributed by atoms with Crippen LogP contribution < -0.4 is 21.7 Å². The second-order valence-electron chi connectivity index (χ2n) is 9.05. The molecule has 0 radical (unpaired) electrons. The van der Waals surface area contributed by atoms with E-state index in [4.69, 9.17) is 10.5 Å². The molecule has 8 nitrogen and oxygen atoms in total. The summed E-state index contributed by atoms with van der Waals surface area (Å²) in [6.07, 6.45) is 3.38. The Hall–Kier alpha value is -2.87. The van der Waals surface area contributed by atoms with Gasteiger partial charge in [0.05, 0.1) is 12.2 Å². The monoisotopic (exact) mass is 412 g/mol. The number of hydrogen-bond acceptors (Lipinski definition) is 8. The average molecular weight is 413 g/mol. The van der Waals surface area contributed by atoms with Crippen molar-refractivity contribution in [2.75, 3.05) is 23.0 Å². The van der Waals surface area contributed by atoms with Crippen LogP contribution in [-0.4, -0.2) is 39.7 Å². The van der Waals surface area contributed by atoms with Gasteiger partial charge in [0.25, 0.3) is 0 Å². The van der Waals surface area contributed by atoms with Crippen molar-refractivity contribution in [3.05, 3.63) is 36.2 Å². The maximum atomic E-state index is 12.0. The van der Waals surface area contributed by atoms with Crippen molar-refractivity contribution in [3.8, 4) is 0 Å². The van der Waals surface area contributed by atoms with Gasteiger partial charge in [-0.2, -0.15) is 0 Å². The molecule has 1 saturated heterocycles. The van der Waals surface area contributed by atoms with Crippen molar-refractivity contribution in [2.45, 2.75) is 64.6 Å². The van der Waals surface area contributed by atoms with E-state index in [1.807, 2.05) is 6.07 Å². The molecule has 1 aromatic carbocycles. The van der Waals surface area contributed by atoms with E-state index in [0.717, 1.165) is 12.8 Å². The first-order valence-corrected chi connectivity index (χ1v) is 10.3. The highest BCUT2D eigenvalue weighted by atomic mass is 16.5. The van der Waals surface area contributed by atoms with Crippen molar-refractivity contribution in [1.82, 2.24) is 15.3 Å². The number of esters is 1. The number of ether oxygens (including phenoxy) is 1. The first-order valence-electron chi connectivity index (χ1n) is 10.3. The molecule has 0 bridgehead atoms. The van der Waals surface area contributed by atoms with E-state index in [1.54, 1.807) is 25.1 Å². The molecule has 8 heteroatoms. The third kappa shape index (κ3) is 5.38. The lowest BCUT2D eigenvalue weighted by atomic mass is 9.79. The summed E-state index contributed by atoms with van der Waals surface area (Å²) in [5.41, 5.74) is 7.99. The number of hydrogen-bond donors (Lipinski definition) is 4. The molecular weight excluding hydrogens is 380 g/mol. The summed E-state index contributed by atoms with van der Waals surface area (Å²) in [5.74, 6) is 0.726. The van der Waals surface area contributed by atoms with Gasteiger partial charge in [-0.05, 0) is 65.7 Å². The average Bonchev–Trinajstić information content (AvgIpc) is 2.63. The Kier molecular flexibility index (Phi) is 6.17. The van der Waals surface area contributed by atoms with Crippen LogP contribution in [0.15, 0.2) is 30.6 Å². The van der Waals surface area contributed by atoms with Gasteiger partial charge in [-0.1, -0.05) is 6.07 Å². The number of aromatic nitrogens is 2. The standard InChI is InChI=1S/C22H32N6O2/c1-6-30-20(29)14-8-7-9-15(10-14)26-18-17(23)19(25-13-24-18)27-16-11-21(2,3)28-22(4,5)12-16/h7-10,13,16,28H,6,11-12,23H2,1-5H3,(H2,24,25,26,27). The molecule has 1 aromatic heterocycles. The Morgan fingerprint density at radius 1 is 1.20 bits per heavy atom. The largest absolute Gasteiger partial charge is 0.462 e. The number of nitrogens with one attached hydrogen (secondary N) is 3. The van der Waals surface area contributed by atoms with Crippen molar-refractivity contribution in [2.24, 2.45) is 0 Å². The molecule has 0 unspecified atom stereocenters. The third-order valence-corrected chi connectivity index (χ3v) is 5.05. The number of nitrogen functional groups attached to an aromatic ring is 1. The van der Waals surface area contributed by atoms with Gasteiger partial charge in [-0.25, -0.2) is 14.8 Å². The number of carbonyl (C=O) groups excluding carboxylic acids is 1. The molecule has 0 amide bonds. The normalized spacial score (nSPS) is 17.9.